The summed E-state index contributed by atoms with van der Waals surface area (Å²) in [5.74, 6) is 1.16. The molecule has 1 saturated heterocycles. The molecular formula is C23H30N8O2S. The Morgan fingerprint density at radius 2 is 2.24 bits per heavy atom. The molecule has 1 aliphatic rings. The van der Waals surface area contributed by atoms with Gasteiger partial charge in [-0.1, -0.05) is 17.4 Å². The number of piperidine rings is 1. The Labute approximate surface area is 203 Å². The predicted molar refractivity (Wildman–Crippen MR) is 134 cm³/mol. The molecule has 11 heteroatoms. The van der Waals surface area contributed by atoms with Crippen molar-refractivity contribution in [3.63, 3.8) is 0 Å². The summed E-state index contributed by atoms with van der Waals surface area (Å²) in [6, 6.07) is 5.71. The minimum Gasteiger partial charge on any atom is -0.378 e. The third-order valence-electron chi connectivity index (χ3n) is 5.27. The summed E-state index contributed by atoms with van der Waals surface area (Å²) in [6.07, 6.45) is 7.17. The van der Waals surface area contributed by atoms with E-state index in [9.17, 15) is 4.79 Å². The van der Waals surface area contributed by atoms with Crippen molar-refractivity contribution in [1.82, 2.24) is 29.7 Å². The first-order valence-corrected chi connectivity index (χ1v) is 12.0. The Kier molecular flexibility index (Phi) is 7.99. The van der Waals surface area contributed by atoms with Crippen LogP contribution in [0.5, 0.6) is 0 Å². The van der Waals surface area contributed by atoms with Gasteiger partial charge in [0, 0.05) is 51.1 Å². The number of methoxy groups -OCH3 is 1. The summed E-state index contributed by atoms with van der Waals surface area (Å²) in [5.41, 5.74) is 1.59. The van der Waals surface area contributed by atoms with Crippen LogP contribution in [0.25, 0.3) is 10.3 Å². The topological polar surface area (TPSA) is 108 Å². The predicted octanol–water partition coefficient (Wildman–Crippen LogP) is 2.89. The molecule has 1 fully saturated rings. The number of carbonyl (C=O) groups excluding carboxylic acids is 1. The lowest BCUT2D eigenvalue weighted by molar-refractivity contribution is -0.127. The highest BCUT2D eigenvalue weighted by Crippen LogP contribution is 2.27. The Bertz CT molecular complexity index is 1120. The number of nitrogens with zero attached hydrogens (tertiary/aromatic N) is 6. The van der Waals surface area contributed by atoms with Crippen molar-refractivity contribution in [2.45, 2.75) is 25.5 Å². The summed E-state index contributed by atoms with van der Waals surface area (Å²) in [6.45, 7) is 2.46. The van der Waals surface area contributed by atoms with E-state index < -0.39 is 0 Å². The SMILES string of the molecule is COCc1cc(Nc2nc3cccnc3s2)nc(NC2CCCN(C(=O)/C=C/CN(C)C)C2)n1. The second-order valence-electron chi connectivity index (χ2n) is 8.41. The molecule has 1 atom stereocenters. The normalized spacial score (nSPS) is 16.5. The molecular weight excluding hydrogens is 452 g/mol. The molecule has 0 radical (unpaired) electrons. The number of ether oxygens (including phenoxy) is 1. The van der Waals surface area contributed by atoms with E-state index in [1.807, 2.05) is 48.2 Å². The zero-order valence-electron chi connectivity index (χ0n) is 19.7. The van der Waals surface area contributed by atoms with Gasteiger partial charge in [0.15, 0.2) is 5.13 Å². The first-order chi connectivity index (χ1) is 16.5. The van der Waals surface area contributed by atoms with Crippen LogP contribution in [-0.2, 0) is 16.1 Å². The zero-order chi connectivity index (χ0) is 23.9. The van der Waals surface area contributed by atoms with Crippen LogP contribution in [0.15, 0.2) is 36.5 Å². The summed E-state index contributed by atoms with van der Waals surface area (Å²) < 4.78 is 5.30. The molecule has 34 heavy (non-hydrogen) atoms. The van der Waals surface area contributed by atoms with E-state index >= 15 is 0 Å². The van der Waals surface area contributed by atoms with Crippen LogP contribution in [0.1, 0.15) is 18.5 Å². The summed E-state index contributed by atoms with van der Waals surface area (Å²) in [4.78, 5) is 35.5. The van der Waals surface area contributed by atoms with Gasteiger partial charge in [-0.25, -0.2) is 15.0 Å². The molecule has 2 N–H and O–H groups in total. The van der Waals surface area contributed by atoms with Crippen LogP contribution < -0.4 is 10.6 Å². The van der Waals surface area contributed by atoms with Gasteiger partial charge >= 0.3 is 0 Å². The number of hydrogen-bond donors (Lipinski definition) is 2. The summed E-state index contributed by atoms with van der Waals surface area (Å²) in [7, 11) is 5.59. The maximum atomic E-state index is 12.6. The molecule has 1 unspecified atom stereocenters. The highest BCUT2D eigenvalue weighted by Gasteiger charge is 2.23. The average molecular weight is 483 g/mol. The monoisotopic (exact) mass is 482 g/mol. The van der Waals surface area contributed by atoms with Crippen molar-refractivity contribution in [2.75, 3.05) is 51.5 Å². The van der Waals surface area contributed by atoms with Crippen LogP contribution in [0.3, 0.4) is 0 Å². The standard InChI is InChI=1S/C23H30N8O2S/c1-30(2)11-6-9-20(32)31-12-5-7-16(14-31)25-22-26-17(15-33-3)13-19(28-22)29-23-27-18-8-4-10-24-21(18)34-23/h4,6,8-10,13,16H,5,7,11-12,14-15H2,1-3H3,(H2,25,26,27,28,29)/b9-6+. The highest BCUT2D eigenvalue weighted by molar-refractivity contribution is 7.21. The lowest BCUT2D eigenvalue weighted by Gasteiger charge is -2.32. The van der Waals surface area contributed by atoms with Crippen LogP contribution >= 0.6 is 11.3 Å². The lowest BCUT2D eigenvalue weighted by atomic mass is 10.1. The van der Waals surface area contributed by atoms with Crippen LogP contribution in [0, 0.1) is 0 Å². The second kappa shape index (κ2) is 11.3. The Morgan fingerprint density at radius 1 is 1.35 bits per heavy atom. The molecule has 3 aromatic rings. The molecule has 4 rings (SSSR count). The fourth-order valence-corrected chi connectivity index (χ4v) is 4.54. The molecule has 10 nitrogen and oxygen atoms in total. The van der Waals surface area contributed by atoms with Crippen molar-refractivity contribution < 1.29 is 9.53 Å². The van der Waals surface area contributed by atoms with Crippen molar-refractivity contribution in [2.24, 2.45) is 0 Å². The van der Waals surface area contributed by atoms with Gasteiger partial charge in [-0.3, -0.25) is 4.79 Å². The Balaban J connectivity index is 1.45. The quantitative estimate of drug-likeness (QED) is 0.445. The van der Waals surface area contributed by atoms with Crippen LogP contribution in [-0.4, -0.2) is 82.5 Å². The van der Waals surface area contributed by atoms with Crippen LogP contribution in [0.4, 0.5) is 16.9 Å². The minimum absolute atomic E-state index is 0.0363. The number of likely N-dealkylation sites (N-methyl/N-ethyl adjacent to an activating group) is 1. The van der Waals surface area contributed by atoms with Gasteiger partial charge in [-0.15, -0.1) is 0 Å². The number of amides is 1. The van der Waals surface area contributed by atoms with Crippen molar-refractivity contribution in [1.29, 1.82) is 0 Å². The number of thiazole rings is 1. The number of nitrogens with one attached hydrogen (secondary N) is 2. The number of rotatable bonds is 9. The number of aromatic nitrogens is 4. The number of hydrogen-bond acceptors (Lipinski definition) is 10. The van der Waals surface area contributed by atoms with E-state index in [-0.39, 0.29) is 11.9 Å². The van der Waals surface area contributed by atoms with Gasteiger partial charge in [0.1, 0.15) is 16.2 Å². The van der Waals surface area contributed by atoms with Gasteiger partial charge in [-0.05, 0) is 39.1 Å². The zero-order valence-corrected chi connectivity index (χ0v) is 20.5. The number of anilines is 3. The molecule has 0 saturated carbocycles. The van der Waals surface area contributed by atoms with Crippen molar-refractivity contribution in [3.05, 3.63) is 42.2 Å². The van der Waals surface area contributed by atoms with E-state index in [0.717, 1.165) is 42.0 Å². The van der Waals surface area contributed by atoms with Gasteiger partial charge in [0.2, 0.25) is 11.9 Å². The smallest absolute Gasteiger partial charge is 0.246 e. The van der Waals surface area contributed by atoms with Gasteiger partial charge < -0.3 is 25.2 Å². The molecule has 0 spiro atoms. The van der Waals surface area contributed by atoms with Crippen molar-refractivity contribution in [3.8, 4) is 0 Å². The Hall–Kier alpha value is -3.15. The highest BCUT2D eigenvalue weighted by atomic mass is 32.1. The molecule has 1 aliphatic heterocycles. The minimum atomic E-state index is 0.0363. The van der Waals surface area contributed by atoms with Gasteiger partial charge in [0.25, 0.3) is 0 Å². The lowest BCUT2D eigenvalue weighted by Crippen LogP contribution is -2.44. The second-order valence-corrected chi connectivity index (χ2v) is 9.38. The Morgan fingerprint density at radius 3 is 3.03 bits per heavy atom. The average Bonchev–Trinajstić information content (AvgIpc) is 3.21. The third kappa shape index (κ3) is 6.46. The first-order valence-electron chi connectivity index (χ1n) is 11.2. The fraction of sp³-hybridized carbons (Fsp3) is 0.435. The van der Waals surface area contributed by atoms with E-state index in [1.165, 1.54) is 11.3 Å². The molecule has 0 aliphatic carbocycles. The van der Waals surface area contributed by atoms with E-state index in [0.29, 0.717) is 30.0 Å². The van der Waals surface area contributed by atoms with Gasteiger partial charge in [0.05, 0.1) is 12.3 Å². The number of fused-ring (bicyclic) bond motifs is 1. The maximum Gasteiger partial charge on any atom is 0.246 e. The molecule has 180 valence electrons. The molecule has 1 amide bonds. The van der Waals surface area contributed by atoms with Crippen LogP contribution in [0.2, 0.25) is 0 Å². The molecule has 4 heterocycles. The maximum absolute atomic E-state index is 12.6. The third-order valence-corrected chi connectivity index (χ3v) is 6.16. The first kappa shape index (κ1) is 24.0. The molecule has 3 aromatic heterocycles. The van der Waals surface area contributed by atoms with E-state index in [2.05, 4.69) is 30.6 Å². The van der Waals surface area contributed by atoms with E-state index in [4.69, 9.17) is 4.74 Å². The molecule has 0 aromatic carbocycles. The largest absolute Gasteiger partial charge is 0.378 e. The summed E-state index contributed by atoms with van der Waals surface area (Å²) in [5, 5.41) is 7.40. The van der Waals surface area contributed by atoms with Crippen molar-refractivity contribution >= 4 is 44.5 Å². The fourth-order valence-electron chi connectivity index (χ4n) is 3.73. The number of likely N-dealkylation sites (tertiary alicyclic amines) is 1. The summed E-state index contributed by atoms with van der Waals surface area (Å²) >= 11 is 1.47. The molecule has 0 bridgehead atoms. The van der Waals surface area contributed by atoms with Gasteiger partial charge in [-0.2, -0.15) is 4.98 Å². The van der Waals surface area contributed by atoms with E-state index in [1.54, 1.807) is 19.4 Å². The number of carbonyl (C=O) groups is 1. The number of pyridine rings is 1.